The summed E-state index contributed by atoms with van der Waals surface area (Å²) < 4.78 is 43.9. The van der Waals surface area contributed by atoms with Gasteiger partial charge in [-0.3, -0.25) is 0 Å². The average molecular weight is 309 g/mol. The molecule has 0 aliphatic rings. The van der Waals surface area contributed by atoms with E-state index < -0.39 is 21.4 Å². The Morgan fingerprint density at radius 2 is 1.95 bits per heavy atom. The smallest absolute Gasteiger partial charge is 0.182 e. The number of nitrogens with two attached hydrogens (primary N) is 1. The third-order valence-corrected chi connectivity index (χ3v) is 4.96. The highest BCUT2D eigenvalue weighted by Crippen LogP contribution is 2.26. The number of benzene rings is 2. The van der Waals surface area contributed by atoms with Crippen LogP contribution in [0.2, 0.25) is 0 Å². The van der Waals surface area contributed by atoms with Gasteiger partial charge < -0.3 is 10.5 Å². The summed E-state index contributed by atoms with van der Waals surface area (Å²) in [6, 6.07) is 9.07. The quantitative estimate of drug-likeness (QED) is 0.882. The van der Waals surface area contributed by atoms with Crippen molar-refractivity contribution in [3.63, 3.8) is 0 Å². The first-order valence-corrected chi connectivity index (χ1v) is 7.90. The molecule has 0 aromatic heterocycles. The van der Waals surface area contributed by atoms with E-state index in [2.05, 4.69) is 0 Å². The van der Waals surface area contributed by atoms with Crippen molar-refractivity contribution in [3.05, 3.63) is 53.3 Å². The van der Waals surface area contributed by atoms with Crippen LogP contribution in [0.4, 0.5) is 10.1 Å². The van der Waals surface area contributed by atoms with Gasteiger partial charge in [-0.05, 0) is 30.7 Å². The van der Waals surface area contributed by atoms with Gasteiger partial charge in [-0.25, -0.2) is 12.8 Å². The van der Waals surface area contributed by atoms with Gasteiger partial charge in [0.2, 0.25) is 0 Å². The first kappa shape index (κ1) is 15.3. The van der Waals surface area contributed by atoms with Crippen molar-refractivity contribution in [1.29, 1.82) is 0 Å². The molecule has 2 aromatic rings. The van der Waals surface area contributed by atoms with Crippen molar-refractivity contribution in [2.75, 3.05) is 12.8 Å². The Morgan fingerprint density at radius 3 is 2.62 bits per heavy atom. The van der Waals surface area contributed by atoms with E-state index in [9.17, 15) is 12.8 Å². The van der Waals surface area contributed by atoms with Crippen LogP contribution in [0.15, 0.2) is 41.3 Å². The zero-order valence-electron chi connectivity index (χ0n) is 11.8. The Balaban J connectivity index is 2.45. The zero-order valence-corrected chi connectivity index (χ0v) is 12.6. The SMILES string of the molecule is COc1cccc(CS(=O)(=O)c2cc(N)ccc2C)c1F. The highest BCUT2D eigenvalue weighted by Gasteiger charge is 2.21. The van der Waals surface area contributed by atoms with Crippen molar-refractivity contribution in [2.45, 2.75) is 17.6 Å². The average Bonchev–Trinajstić information content (AvgIpc) is 2.43. The van der Waals surface area contributed by atoms with Gasteiger partial charge >= 0.3 is 0 Å². The second-order valence-corrected chi connectivity index (χ2v) is 6.68. The minimum absolute atomic E-state index is 0.0204. The second kappa shape index (κ2) is 5.73. The molecule has 0 saturated heterocycles. The molecular formula is C15H16FNO3S. The van der Waals surface area contributed by atoms with Crippen molar-refractivity contribution in [2.24, 2.45) is 0 Å². The summed E-state index contributed by atoms with van der Waals surface area (Å²) in [6.45, 7) is 1.67. The summed E-state index contributed by atoms with van der Waals surface area (Å²) in [5, 5.41) is 0. The van der Waals surface area contributed by atoms with Crippen LogP contribution in [0.25, 0.3) is 0 Å². The topological polar surface area (TPSA) is 69.4 Å². The van der Waals surface area contributed by atoms with E-state index in [-0.39, 0.29) is 16.2 Å². The Bertz CT molecular complexity index is 772. The van der Waals surface area contributed by atoms with Gasteiger partial charge in [0.25, 0.3) is 0 Å². The molecule has 0 amide bonds. The molecule has 0 radical (unpaired) electrons. The van der Waals surface area contributed by atoms with E-state index in [0.29, 0.717) is 11.3 Å². The molecule has 2 N–H and O–H groups in total. The number of rotatable bonds is 4. The number of methoxy groups -OCH3 is 1. The van der Waals surface area contributed by atoms with Crippen molar-refractivity contribution >= 4 is 15.5 Å². The first-order chi connectivity index (χ1) is 9.85. The standard InChI is InChI=1S/C15H16FNO3S/c1-10-6-7-12(17)8-14(10)21(18,19)9-11-4-3-5-13(20-2)15(11)16/h3-8H,9,17H2,1-2H3. The van der Waals surface area contributed by atoms with Crippen molar-refractivity contribution < 1.29 is 17.5 Å². The Hall–Kier alpha value is -2.08. The number of sulfone groups is 1. The lowest BCUT2D eigenvalue weighted by Crippen LogP contribution is -2.09. The molecule has 6 heteroatoms. The highest BCUT2D eigenvalue weighted by atomic mass is 32.2. The molecule has 2 aromatic carbocycles. The van der Waals surface area contributed by atoms with Crippen LogP contribution in [0.3, 0.4) is 0 Å². The van der Waals surface area contributed by atoms with Gasteiger partial charge in [-0.2, -0.15) is 0 Å². The number of hydrogen-bond acceptors (Lipinski definition) is 4. The van der Waals surface area contributed by atoms with Gasteiger partial charge in [0.15, 0.2) is 21.4 Å². The molecule has 2 rings (SSSR count). The van der Waals surface area contributed by atoms with Gasteiger partial charge in [0, 0.05) is 11.3 Å². The minimum atomic E-state index is -3.69. The lowest BCUT2D eigenvalue weighted by Gasteiger charge is -2.10. The fraction of sp³-hybridized carbons (Fsp3) is 0.200. The maximum atomic E-state index is 14.1. The summed E-state index contributed by atoms with van der Waals surface area (Å²) in [4.78, 5) is 0.115. The number of nitrogen functional groups attached to an aromatic ring is 1. The molecule has 21 heavy (non-hydrogen) atoms. The van der Waals surface area contributed by atoms with Crippen molar-refractivity contribution in [1.82, 2.24) is 0 Å². The van der Waals surface area contributed by atoms with Crippen LogP contribution >= 0.6 is 0 Å². The zero-order chi connectivity index (χ0) is 15.6. The summed E-state index contributed by atoms with van der Waals surface area (Å²) in [5.74, 6) is -1.09. The highest BCUT2D eigenvalue weighted by molar-refractivity contribution is 7.90. The molecule has 0 aliphatic carbocycles. The van der Waals surface area contributed by atoms with Crippen LogP contribution in [-0.2, 0) is 15.6 Å². The van der Waals surface area contributed by atoms with Crippen LogP contribution in [0.5, 0.6) is 5.75 Å². The van der Waals surface area contributed by atoms with Crippen LogP contribution < -0.4 is 10.5 Å². The molecule has 0 heterocycles. The lowest BCUT2D eigenvalue weighted by molar-refractivity contribution is 0.385. The molecule has 0 saturated carbocycles. The number of anilines is 1. The summed E-state index contributed by atoms with van der Waals surface area (Å²) >= 11 is 0. The summed E-state index contributed by atoms with van der Waals surface area (Å²) in [5.41, 5.74) is 6.63. The monoisotopic (exact) mass is 309 g/mol. The molecule has 0 atom stereocenters. The van der Waals surface area contributed by atoms with E-state index in [4.69, 9.17) is 10.5 Å². The van der Waals surface area contributed by atoms with Gasteiger partial charge in [0.05, 0.1) is 17.8 Å². The van der Waals surface area contributed by atoms with Gasteiger partial charge in [0.1, 0.15) is 0 Å². The molecule has 0 aliphatic heterocycles. The molecule has 0 spiro atoms. The van der Waals surface area contributed by atoms with E-state index in [1.807, 2.05) is 0 Å². The predicted molar refractivity (Wildman–Crippen MR) is 79.4 cm³/mol. The van der Waals surface area contributed by atoms with E-state index in [1.54, 1.807) is 25.1 Å². The van der Waals surface area contributed by atoms with Crippen LogP contribution in [0, 0.1) is 12.7 Å². The van der Waals surface area contributed by atoms with E-state index in [0.717, 1.165) is 0 Å². The van der Waals surface area contributed by atoms with Gasteiger partial charge in [-0.1, -0.05) is 18.2 Å². The second-order valence-electron chi connectivity index (χ2n) is 4.72. The predicted octanol–water partition coefficient (Wildman–Crippen LogP) is 2.70. The maximum Gasteiger partial charge on any atom is 0.182 e. The number of aryl methyl sites for hydroxylation is 1. The summed E-state index contributed by atoms with van der Waals surface area (Å²) in [7, 11) is -2.36. The van der Waals surface area contributed by atoms with Crippen molar-refractivity contribution in [3.8, 4) is 5.75 Å². The van der Waals surface area contributed by atoms with E-state index >= 15 is 0 Å². The van der Waals surface area contributed by atoms with E-state index in [1.165, 1.54) is 25.3 Å². The molecule has 0 fully saturated rings. The molecule has 0 unspecified atom stereocenters. The lowest BCUT2D eigenvalue weighted by atomic mass is 10.2. The number of halogens is 1. The Kier molecular flexibility index (Phi) is 4.18. The minimum Gasteiger partial charge on any atom is -0.494 e. The Labute approximate surface area is 123 Å². The number of ether oxygens (including phenoxy) is 1. The van der Waals surface area contributed by atoms with Gasteiger partial charge in [-0.15, -0.1) is 0 Å². The molecule has 0 bridgehead atoms. The number of hydrogen-bond donors (Lipinski definition) is 1. The van der Waals surface area contributed by atoms with Crippen LogP contribution in [-0.4, -0.2) is 15.5 Å². The fourth-order valence-corrected chi connectivity index (χ4v) is 3.72. The normalized spacial score (nSPS) is 11.4. The maximum absolute atomic E-state index is 14.1. The molecule has 4 nitrogen and oxygen atoms in total. The third kappa shape index (κ3) is 3.16. The summed E-state index contributed by atoms with van der Waals surface area (Å²) in [6.07, 6.45) is 0. The molecular weight excluding hydrogens is 293 g/mol. The first-order valence-electron chi connectivity index (χ1n) is 6.25. The molecule has 112 valence electrons. The fourth-order valence-electron chi connectivity index (χ4n) is 2.06. The Morgan fingerprint density at radius 1 is 1.24 bits per heavy atom. The van der Waals surface area contributed by atoms with Crippen LogP contribution in [0.1, 0.15) is 11.1 Å². The largest absolute Gasteiger partial charge is 0.494 e. The third-order valence-electron chi connectivity index (χ3n) is 3.16.